The molecule has 0 aliphatic carbocycles. The number of urea groups is 2. The number of hydrogen-bond donors (Lipinski definition) is 1. The largest absolute Gasteiger partial charge is 0.330 e. The highest BCUT2D eigenvalue weighted by Crippen LogP contribution is 2.24. The molecule has 1 fully saturated rings. The Morgan fingerprint density at radius 1 is 1.29 bits per heavy atom. The first-order valence-corrected chi connectivity index (χ1v) is 7.45. The molecule has 114 valence electrons. The van der Waals surface area contributed by atoms with Gasteiger partial charge in [-0.2, -0.15) is 0 Å². The molecule has 5 heteroatoms. The molecule has 1 aliphatic rings. The number of imide groups is 1. The van der Waals surface area contributed by atoms with E-state index in [1.807, 2.05) is 25.1 Å². The lowest BCUT2D eigenvalue weighted by Gasteiger charge is -2.18. The Balaban J connectivity index is 2.22. The third-order valence-corrected chi connectivity index (χ3v) is 4.12. The average Bonchev–Trinajstić information content (AvgIpc) is 2.75. The van der Waals surface area contributed by atoms with Crippen LogP contribution in [0.3, 0.4) is 0 Å². The minimum Gasteiger partial charge on any atom is -0.323 e. The molecule has 1 aromatic carbocycles. The van der Waals surface area contributed by atoms with E-state index in [0.717, 1.165) is 29.7 Å². The molecular weight excluding hydrogens is 266 g/mol. The maximum absolute atomic E-state index is 12.4. The standard InChI is InChI=1S/C16H23N3O2/c1-5-12-8-7-9-13(6-2)14(12)17-15(20)19-10-11(3)18(4)16(19)21/h7-9,11H,5-6,10H2,1-4H3,(H,17,20). The molecular formula is C16H23N3O2. The molecule has 0 spiro atoms. The quantitative estimate of drug-likeness (QED) is 0.929. The second-order valence-electron chi connectivity index (χ2n) is 5.44. The molecule has 4 amide bonds. The second kappa shape index (κ2) is 6.16. The van der Waals surface area contributed by atoms with Gasteiger partial charge in [0.05, 0.1) is 6.54 Å². The fourth-order valence-electron chi connectivity index (χ4n) is 2.59. The minimum absolute atomic E-state index is 0.0512. The fraction of sp³-hybridized carbons (Fsp3) is 0.500. The number of amides is 4. The van der Waals surface area contributed by atoms with E-state index < -0.39 is 0 Å². The molecule has 1 saturated heterocycles. The van der Waals surface area contributed by atoms with Gasteiger partial charge in [-0.05, 0) is 30.9 Å². The number of para-hydroxylation sites is 1. The van der Waals surface area contributed by atoms with Crippen molar-refractivity contribution in [2.45, 2.75) is 39.7 Å². The van der Waals surface area contributed by atoms with E-state index in [1.54, 1.807) is 11.9 Å². The number of rotatable bonds is 3. The number of likely N-dealkylation sites (N-methyl/N-ethyl adjacent to an activating group) is 1. The van der Waals surface area contributed by atoms with Gasteiger partial charge >= 0.3 is 12.1 Å². The Hall–Kier alpha value is -2.04. The maximum Gasteiger partial charge on any atom is 0.330 e. The molecule has 1 unspecified atom stereocenters. The number of anilines is 1. The summed E-state index contributed by atoms with van der Waals surface area (Å²) in [5, 5.41) is 2.93. The van der Waals surface area contributed by atoms with Gasteiger partial charge < -0.3 is 10.2 Å². The van der Waals surface area contributed by atoms with Crippen LogP contribution in [0.25, 0.3) is 0 Å². The van der Waals surface area contributed by atoms with Crippen molar-refractivity contribution in [3.63, 3.8) is 0 Å². The summed E-state index contributed by atoms with van der Waals surface area (Å²) in [6, 6.07) is 5.49. The van der Waals surface area contributed by atoms with Crippen molar-refractivity contribution in [3.8, 4) is 0 Å². The van der Waals surface area contributed by atoms with Crippen LogP contribution in [0.5, 0.6) is 0 Å². The topological polar surface area (TPSA) is 52.7 Å². The van der Waals surface area contributed by atoms with Gasteiger partial charge in [0.2, 0.25) is 0 Å². The molecule has 1 aromatic rings. The van der Waals surface area contributed by atoms with Gasteiger partial charge in [-0.25, -0.2) is 14.5 Å². The SMILES string of the molecule is CCc1cccc(CC)c1NC(=O)N1CC(C)N(C)C1=O. The molecule has 0 radical (unpaired) electrons. The predicted molar refractivity (Wildman–Crippen MR) is 83.5 cm³/mol. The molecule has 5 nitrogen and oxygen atoms in total. The summed E-state index contributed by atoms with van der Waals surface area (Å²) in [5.74, 6) is 0. The summed E-state index contributed by atoms with van der Waals surface area (Å²) in [7, 11) is 1.72. The lowest BCUT2D eigenvalue weighted by atomic mass is 10.0. The van der Waals surface area contributed by atoms with Crippen molar-refractivity contribution in [2.24, 2.45) is 0 Å². The number of benzene rings is 1. The first kappa shape index (κ1) is 15.4. The van der Waals surface area contributed by atoms with Gasteiger partial charge in [-0.15, -0.1) is 0 Å². The lowest BCUT2D eigenvalue weighted by molar-refractivity contribution is 0.194. The van der Waals surface area contributed by atoms with Crippen molar-refractivity contribution < 1.29 is 9.59 Å². The molecule has 0 aromatic heterocycles. The van der Waals surface area contributed by atoms with E-state index in [-0.39, 0.29) is 18.1 Å². The van der Waals surface area contributed by atoms with E-state index >= 15 is 0 Å². The number of nitrogens with one attached hydrogen (secondary N) is 1. The Morgan fingerprint density at radius 2 is 1.86 bits per heavy atom. The number of nitrogens with zero attached hydrogens (tertiary/aromatic N) is 2. The van der Waals surface area contributed by atoms with Crippen molar-refractivity contribution >= 4 is 17.7 Å². The lowest BCUT2D eigenvalue weighted by Crippen LogP contribution is -2.38. The Labute approximate surface area is 125 Å². The van der Waals surface area contributed by atoms with Crippen molar-refractivity contribution in [1.29, 1.82) is 0 Å². The zero-order chi connectivity index (χ0) is 15.6. The number of carbonyl (C=O) groups is 2. The molecule has 21 heavy (non-hydrogen) atoms. The summed E-state index contributed by atoms with van der Waals surface area (Å²) < 4.78 is 0. The van der Waals surface area contributed by atoms with E-state index in [4.69, 9.17) is 0 Å². The van der Waals surface area contributed by atoms with Crippen LogP contribution in [0.15, 0.2) is 18.2 Å². The van der Waals surface area contributed by atoms with Crippen LogP contribution in [0.1, 0.15) is 31.9 Å². The fourth-order valence-corrected chi connectivity index (χ4v) is 2.59. The van der Waals surface area contributed by atoms with Crippen molar-refractivity contribution in [3.05, 3.63) is 29.3 Å². The molecule has 1 N–H and O–H groups in total. The minimum atomic E-state index is -0.341. The molecule has 0 saturated carbocycles. The van der Waals surface area contributed by atoms with Gasteiger partial charge in [0.1, 0.15) is 0 Å². The predicted octanol–water partition coefficient (Wildman–Crippen LogP) is 3.10. The van der Waals surface area contributed by atoms with E-state index in [9.17, 15) is 9.59 Å². The van der Waals surface area contributed by atoms with Crippen molar-refractivity contribution in [2.75, 3.05) is 18.9 Å². The maximum atomic E-state index is 12.4. The van der Waals surface area contributed by atoms with Crippen LogP contribution in [0.4, 0.5) is 15.3 Å². The van der Waals surface area contributed by atoms with Crippen LogP contribution in [-0.2, 0) is 12.8 Å². The third kappa shape index (κ3) is 2.86. The number of carbonyl (C=O) groups excluding carboxylic acids is 2. The Kier molecular flexibility index (Phi) is 4.50. The van der Waals surface area contributed by atoms with Gasteiger partial charge in [-0.3, -0.25) is 0 Å². The van der Waals surface area contributed by atoms with E-state index in [2.05, 4.69) is 19.2 Å². The van der Waals surface area contributed by atoms with Crippen LogP contribution in [0, 0.1) is 0 Å². The smallest absolute Gasteiger partial charge is 0.323 e. The van der Waals surface area contributed by atoms with Crippen molar-refractivity contribution in [1.82, 2.24) is 9.80 Å². The highest BCUT2D eigenvalue weighted by molar-refractivity contribution is 6.02. The summed E-state index contributed by atoms with van der Waals surface area (Å²) in [4.78, 5) is 27.3. The first-order chi connectivity index (χ1) is 9.99. The molecule has 1 atom stereocenters. The van der Waals surface area contributed by atoms with Crippen LogP contribution >= 0.6 is 0 Å². The number of aryl methyl sites for hydroxylation is 2. The highest BCUT2D eigenvalue weighted by Gasteiger charge is 2.36. The van der Waals surface area contributed by atoms with Gasteiger partial charge in [0.15, 0.2) is 0 Å². The van der Waals surface area contributed by atoms with E-state index in [1.165, 1.54) is 4.90 Å². The first-order valence-electron chi connectivity index (χ1n) is 7.45. The van der Waals surface area contributed by atoms with Gasteiger partial charge in [-0.1, -0.05) is 32.0 Å². The molecule has 2 rings (SSSR count). The van der Waals surface area contributed by atoms with Crippen LogP contribution in [-0.4, -0.2) is 41.5 Å². The van der Waals surface area contributed by atoms with Gasteiger partial charge in [0, 0.05) is 18.8 Å². The van der Waals surface area contributed by atoms with Crippen LogP contribution in [0.2, 0.25) is 0 Å². The second-order valence-corrected chi connectivity index (χ2v) is 5.44. The molecule has 1 aliphatic heterocycles. The summed E-state index contributed by atoms with van der Waals surface area (Å²) in [6.45, 7) is 6.47. The highest BCUT2D eigenvalue weighted by atomic mass is 16.2. The average molecular weight is 289 g/mol. The Morgan fingerprint density at radius 3 is 2.29 bits per heavy atom. The van der Waals surface area contributed by atoms with Crippen LogP contribution < -0.4 is 5.32 Å². The Bertz CT molecular complexity index is 534. The summed E-state index contributed by atoms with van der Waals surface area (Å²) >= 11 is 0. The summed E-state index contributed by atoms with van der Waals surface area (Å²) in [5.41, 5.74) is 3.04. The van der Waals surface area contributed by atoms with E-state index in [0.29, 0.717) is 6.54 Å². The molecule has 1 heterocycles. The van der Waals surface area contributed by atoms with Gasteiger partial charge in [0.25, 0.3) is 0 Å². The molecule has 0 bridgehead atoms. The monoisotopic (exact) mass is 289 g/mol. The zero-order valence-electron chi connectivity index (χ0n) is 13.1. The number of hydrogen-bond acceptors (Lipinski definition) is 2. The third-order valence-electron chi connectivity index (χ3n) is 4.12. The zero-order valence-corrected chi connectivity index (χ0v) is 13.1. The summed E-state index contributed by atoms with van der Waals surface area (Å²) in [6.07, 6.45) is 1.68. The normalized spacial score (nSPS) is 18.3.